The summed E-state index contributed by atoms with van der Waals surface area (Å²) in [5.74, 6) is 0.176. The molecular formula is C8H16O2. The van der Waals surface area contributed by atoms with Gasteiger partial charge in [0.1, 0.15) is 6.29 Å². The van der Waals surface area contributed by atoms with E-state index >= 15 is 0 Å². The zero-order valence-electron chi connectivity index (χ0n) is 6.96. The molecule has 0 saturated carbocycles. The van der Waals surface area contributed by atoms with Gasteiger partial charge in [0.15, 0.2) is 0 Å². The molecule has 0 aliphatic carbocycles. The van der Waals surface area contributed by atoms with Crippen molar-refractivity contribution >= 4 is 6.29 Å². The Kier molecular flexibility index (Phi) is 5.22. The summed E-state index contributed by atoms with van der Waals surface area (Å²) in [6.45, 7) is 3.99. The lowest BCUT2D eigenvalue weighted by Crippen LogP contribution is -2.12. The van der Waals surface area contributed by atoms with Gasteiger partial charge in [-0.2, -0.15) is 0 Å². The molecule has 2 nitrogen and oxygen atoms in total. The van der Waals surface area contributed by atoms with Crippen molar-refractivity contribution in [2.24, 2.45) is 5.92 Å². The zero-order valence-corrected chi connectivity index (χ0v) is 6.96. The van der Waals surface area contributed by atoms with Crippen LogP contribution in [0.15, 0.2) is 0 Å². The van der Waals surface area contributed by atoms with Gasteiger partial charge in [0.05, 0.1) is 6.10 Å². The molecule has 0 spiro atoms. The van der Waals surface area contributed by atoms with Crippen molar-refractivity contribution in [3.05, 3.63) is 0 Å². The maximum absolute atomic E-state index is 10.3. The summed E-state index contributed by atoms with van der Waals surface area (Å²) < 4.78 is 5.03. The lowest BCUT2D eigenvalue weighted by molar-refractivity contribution is -0.112. The van der Waals surface area contributed by atoms with Crippen LogP contribution in [0.25, 0.3) is 0 Å². The number of carbonyl (C=O) groups excluding carboxylic acids is 1. The molecule has 0 aromatic heterocycles. The van der Waals surface area contributed by atoms with Crippen LogP contribution in [-0.2, 0) is 9.53 Å². The first-order valence-corrected chi connectivity index (χ1v) is 3.72. The predicted octanol–water partition coefficient (Wildman–Crippen LogP) is 1.64. The summed E-state index contributed by atoms with van der Waals surface area (Å²) >= 11 is 0. The topological polar surface area (TPSA) is 26.3 Å². The Morgan fingerprint density at radius 2 is 2.20 bits per heavy atom. The molecule has 10 heavy (non-hydrogen) atoms. The number of hydrogen-bond acceptors (Lipinski definition) is 2. The smallest absolute Gasteiger partial charge is 0.123 e. The normalized spacial score (nSPS) is 16.3. The van der Waals surface area contributed by atoms with E-state index in [1.54, 1.807) is 7.11 Å². The first kappa shape index (κ1) is 9.63. The third-order valence-electron chi connectivity index (χ3n) is 1.75. The quantitative estimate of drug-likeness (QED) is 0.548. The van der Waals surface area contributed by atoms with E-state index in [2.05, 4.69) is 0 Å². The van der Waals surface area contributed by atoms with E-state index < -0.39 is 0 Å². The third kappa shape index (κ3) is 3.62. The highest BCUT2D eigenvalue weighted by Crippen LogP contribution is 2.09. The molecule has 0 saturated heterocycles. The van der Waals surface area contributed by atoms with Crippen LogP contribution in [0.3, 0.4) is 0 Å². The standard InChI is InChI=1S/C8H16O2/c1-4-8(6-9)5-7(2)10-3/h6-8H,4-5H2,1-3H3. The summed E-state index contributed by atoms with van der Waals surface area (Å²) in [5, 5.41) is 0. The number of hydrogen-bond donors (Lipinski definition) is 0. The predicted molar refractivity (Wildman–Crippen MR) is 40.9 cm³/mol. The molecule has 0 fully saturated rings. The molecular weight excluding hydrogens is 128 g/mol. The zero-order chi connectivity index (χ0) is 7.98. The largest absolute Gasteiger partial charge is 0.382 e. The Morgan fingerprint density at radius 3 is 2.50 bits per heavy atom. The fourth-order valence-corrected chi connectivity index (χ4v) is 0.841. The molecule has 0 rings (SSSR count). The van der Waals surface area contributed by atoms with Crippen molar-refractivity contribution in [1.82, 2.24) is 0 Å². The van der Waals surface area contributed by atoms with Gasteiger partial charge in [-0.15, -0.1) is 0 Å². The second-order valence-electron chi connectivity index (χ2n) is 2.59. The molecule has 0 N–H and O–H groups in total. The molecule has 2 heteroatoms. The maximum Gasteiger partial charge on any atom is 0.123 e. The molecule has 2 unspecified atom stereocenters. The van der Waals surface area contributed by atoms with Crippen molar-refractivity contribution < 1.29 is 9.53 Å². The SMILES string of the molecule is CCC(C=O)CC(C)OC. The van der Waals surface area contributed by atoms with E-state index in [0.29, 0.717) is 0 Å². The van der Waals surface area contributed by atoms with E-state index in [4.69, 9.17) is 4.74 Å². The molecule has 0 aromatic rings. The summed E-state index contributed by atoms with van der Waals surface area (Å²) in [6, 6.07) is 0. The van der Waals surface area contributed by atoms with Crippen molar-refractivity contribution in [3.63, 3.8) is 0 Å². The van der Waals surface area contributed by atoms with E-state index in [0.717, 1.165) is 19.1 Å². The van der Waals surface area contributed by atoms with Crippen LogP contribution >= 0.6 is 0 Å². The molecule has 60 valence electrons. The van der Waals surface area contributed by atoms with E-state index in [-0.39, 0.29) is 12.0 Å². The number of aldehydes is 1. The Labute approximate surface area is 62.6 Å². The van der Waals surface area contributed by atoms with Crippen LogP contribution in [0.1, 0.15) is 26.7 Å². The fourth-order valence-electron chi connectivity index (χ4n) is 0.841. The fraction of sp³-hybridized carbons (Fsp3) is 0.875. The van der Waals surface area contributed by atoms with Gasteiger partial charge in [0, 0.05) is 13.0 Å². The van der Waals surface area contributed by atoms with Crippen molar-refractivity contribution in [1.29, 1.82) is 0 Å². The molecule has 0 aliphatic rings. The minimum absolute atomic E-state index is 0.176. The number of carbonyl (C=O) groups is 1. The number of methoxy groups -OCH3 is 1. The van der Waals surface area contributed by atoms with Crippen LogP contribution in [0.2, 0.25) is 0 Å². The lowest BCUT2D eigenvalue weighted by Gasteiger charge is -2.12. The minimum Gasteiger partial charge on any atom is -0.382 e. The van der Waals surface area contributed by atoms with Crippen LogP contribution < -0.4 is 0 Å². The van der Waals surface area contributed by atoms with Gasteiger partial charge in [0.25, 0.3) is 0 Å². The van der Waals surface area contributed by atoms with Gasteiger partial charge in [0.2, 0.25) is 0 Å². The van der Waals surface area contributed by atoms with Crippen LogP contribution in [-0.4, -0.2) is 19.5 Å². The highest BCUT2D eigenvalue weighted by atomic mass is 16.5. The first-order valence-electron chi connectivity index (χ1n) is 3.72. The van der Waals surface area contributed by atoms with Gasteiger partial charge in [-0.1, -0.05) is 6.92 Å². The van der Waals surface area contributed by atoms with Gasteiger partial charge in [-0.3, -0.25) is 0 Å². The lowest BCUT2D eigenvalue weighted by atomic mass is 10.0. The molecule has 0 radical (unpaired) electrons. The van der Waals surface area contributed by atoms with E-state index in [9.17, 15) is 4.79 Å². The monoisotopic (exact) mass is 144 g/mol. The maximum atomic E-state index is 10.3. The molecule has 0 heterocycles. The average Bonchev–Trinajstić information content (AvgIpc) is 1.99. The van der Waals surface area contributed by atoms with E-state index in [1.807, 2.05) is 13.8 Å². The first-order chi connectivity index (χ1) is 4.74. The second-order valence-corrected chi connectivity index (χ2v) is 2.59. The number of ether oxygens (including phenoxy) is 1. The minimum atomic E-state index is 0.176. The summed E-state index contributed by atoms with van der Waals surface area (Å²) in [6.07, 6.45) is 2.97. The Morgan fingerprint density at radius 1 is 1.60 bits per heavy atom. The van der Waals surface area contributed by atoms with Crippen molar-refractivity contribution in [2.75, 3.05) is 7.11 Å². The molecule has 0 amide bonds. The summed E-state index contributed by atoms with van der Waals surface area (Å²) in [7, 11) is 1.67. The summed E-state index contributed by atoms with van der Waals surface area (Å²) in [5.41, 5.74) is 0. The van der Waals surface area contributed by atoms with E-state index in [1.165, 1.54) is 0 Å². The molecule has 2 atom stereocenters. The highest BCUT2D eigenvalue weighted by Gasteiger charge is 2.08. The van der Waals surface area contributed by atoms with Gasteiger partial charge >= 0.3 is 0 Å². The second kappa shape index (κ2) is 5.42. The van der Waals surface area contributed by atoms with Crippen LogP contribution in [0, 0.1) is 5.92 Å². The third-order valence-corrected chi connectivity index (χ3v) is 1.75. The summed E-state index contributed by atoms with van der Waals surface area (Å²) in [4.78, 5) is 10.3. The van der Waals surface area contributed by atoms with Crippen molar-refractivity contribution in [2.45, 2.75) is 32.8 Å². The Bertz CT molecular complexity index is 91.3. The molecule has 0 bridgehead atoms. The van der Waals surface area contributed by atoms with Crippen molar-refractivity contribution in [3.8, 4) is 0 Å². The average molecular weight is 144 g/mol. The van der Waals surface area contributed by atoms with Crippen LogP contribution in [0.4, 0.5) is 0 Å². The number of rotatable bonds is 5. The molecule has 0 aliphatic heterocycles. The highest BCUT2D eigenvalue weighted by molar-refractivity contribution is 5.53. The van der Waals surface area contributed by atoms with Gasteiger partial charge < -0.3 is 9.53 Å². The van der Waals surface area contributed by atoms with Gasteiger partial charge in [-0.05, 0) is 19.8 Å². The van der Waals surface area contributed by atoms with Gasteiger partial charge in [-0.25, -0.2) is 0 Å². The van der Waals surface area contributed by atoms with Crippen LogP contribution in [0.5, 0.6) is 0 Å². The Hall–Kier alpha value is -0.370. The Balaban J connectivity index is 3.51. The molecule has 0 aromatic carbocycles.